The van der Waals surface area contributed by atoms with E-state index in [9.17, 15) is 18.3 Å². The maximum absolute atomic E-state index is 14.5. The molecule has 0 aliphatic carbocycles. The van der Waals surface area contributed by atoms with Crippen molar-refractivity contribution in [3.05, 3.63) is 132 Å². The number of carbonyl (C=O) groups excluding carboxylic acids is 1. The fourth-order valence-corrected chi connectivity index (χ4v) is 9.06. The van der Waals surface area contributed by atoms with Gasteiger partial charge in [0.05, 0.1) is 43.3 Å². The minimum Gasteiger partial charge on any atom is -0.497 e. The Kier molecular flexibility index (Phi) is 14.2. The van der Waals surface area contributed by atoms with Crippen molar-refractivity contribution in [1.82, 2.24) is 14.5 Å². The molecule has 0 spiro atoms. The molecule has 6 rings (SSSR count). The Balaban J connectivity index is 1.22. The van der Waals surface area contributed by atoms with Crippen molar-refractivity contribution in [2.45, 2.75) is 75.6 Å². The van der Waals surface area contributed by atoms with Gasteiger partial charge in [-0.05, 0) is 72.2 Å². The molecular weight excluding hydrogens is 731 g/mol. The molecule has 2 N–H and O–H groups in total. The van der Waals surface area contributed by atoms with Gasteiger partial charge in [-0.2, -0.15) is 4.31 Å². The van der Waals surface area contributed by atoms with Crippen molar-refractivity contribution in [1.29, 1.82) is 0 Å². The van der Waals surface area contributed by atoms with E-state index < -0.39 is 39.8 Å². The zero-order chi connectivity index (χ0) is 39.5. The summed E-state index contributed by atoms with van der Waals surface area (Å²) in [6, 6.07) is 35.5. The lowest BCUT2D eigenvalue weighted by Gasteiger charge is -2.36. The average molecular weight is 786 g/mol. The predicted octanol–water partition coefficient (Wildman–Crippen LogP) is 6.26. The predicted molar refractivity (Wildman–Crippen MR) is 214 cm³/mol. The third-order valence-corrected chi connectivity index (χ3v) is 12.4. The second-order valence-corrected chi connectivity index (χ2v) is 17.5. The molecule has 5 atom stereocenters. The van der Waals surface area contributed by atoms with Crippen LogP contribution in [0.4, 0.5) is 4.79 Å². The topological polar surface area (TPSA) is 127 Å². The van der Waals surface area contributed by atoms with Gasteiger partial charge in [-0.25, -0.2) is 13.2 Å². The minimum absolute atomic E-state index is 0.0538. The fourth-order valence-electron chi connectivity index (χ4n) is 7.42. The van der Waals surface area contributed by atoms with Crippen LogP contribution in [0.15, 0.2) is 120 Å². The Morgan fingerprint density at radius 2 is 1.46 bits per heavy atom. The highest BCUT2D eigenvalue weighted by Crippen LogP contribution is 2.33. The fraction of sp³-hybridized carbons (Fsp3) is 0.432. The lowest BCUT2D eigenvalue weighted by Crippen LogP contribution is -2.52. The summed E-state index contributed by atoms with van der Waals surface area (Å²) in [4.78, 5) is 15.9. The highest BCUT2D eigenvalue weighted by atomic mass is 32.2. The second-order valence-electron chi connectivity index (χ2n) is 15.5. The zero-order valence-electron chi connectivity index (χ0n) is 32.5. The van der Waals surface area contributed by atoms with Gasteiger partial charge in [0.15, 0.2) is 6.29 Å². The van der Waals surface area contributed by atoms with Crippen LogP contribution < -0.4 is 10.1 Å². The summed E-state index contributed by atoms with van der Waals surface area (Å²) >= 11 is 0. The lowest BCUT2D eigenvalue weighted by atomic mass is 9.88. The molecule has 0 aromatic heterocycles. The molecule has 2 aliphatic rings. The van der Waals surface area contributed by atoms with E-state index in [4.69, 9.17) is 18.9 Å². The molecule has 56 heavy (non-hydrogen) atoms. The summed E-state index contributed by atoms with van der Waals surface area (Å²) in [6.45, 7) is 6.92. The Labute approximate surface area is 331 Å². The summed E-state index contributed by atoms with van der Waals surface area (Å²) in [5, 5.41) is 14.9. The van der Waals surface area contributed by atoms with E-state index in [0.29, 0.717) is 25.3 Å². The molecule has 0 unspecified atom stereocenters. The standard InChI is InChI=1S/C44H55N3O8S/c1-44(2,24-25-46(28-34-15-9-5-10-16-34)29-35-17-11-6-12-18-35)32-47(56(50,51)37-21-19-36(52-3)20-22-37)30-40(48)39(27-33-13-7-4-8-14-33)45-43(49)55-41-31-54-42-38(41)23-26-53-42/h4-22,38-42,48H,23-32H2,1-3H3,(H,45,49)/t38-,39-,40-,41-,42+/m0/s1. The number of methoxy groups -OCH3 is 1. The highest BCUT2D eigenvalue weighted by Gasteiger charge is 2.44. The van der Waals surface area contributed by atoms with Crippen molar-refractivity contribution < 1.29 is 37.3 Å². The molecule has 2 saturated heterocycles. The highest BCUT2D eigenvalue weighted by molar-refractivity contribution is 7.89. The van der Waals surface area contributed by atoms with Crippen LogP contribution in [-0.2, 0) is 43.7 Å². The maximum Gasteiger partial charge on any atom is 0.407 e. The largest absolute Gasteiger partial charge is 0.497 e. The molecule has 0 bridgehead atoms. The van der Waals surface area contributed by atoms with Gasteiger partial charge in [0.2, 0.25) is 10.0 Å². The number of alkyl carbamates (subject to hydrolysis) is 1. The molecular formula is C44H55N3O8S. The number of rotatable bonds is 19. The van der Waals surface area contributed by atoms with Gasteiger partial charge in [-0.15, -0.1) is 0 Å². The van der Waals surface area contributed by atoms with Crippen LogP contribution in [0, 0.1) is 11.3 Å². The normalized spacial score (nSPS) is 19.4. The van der Waals surface area contributed by atoms with Crippen LogP contribution in [0.25, 0.3) is 0 Å². The number of sulfonamides is 1. The summed E-state index contributed by atoms with van der Waals surface area (Å²) in [7, 11) is -2.60. The first-order valence-corrected chi connectivity index (χ1v) is 20.8. The zero-order valence-corrected chi connectivity index (χ0v) is 33.4. The van der Waals surface area contributed by atoms with Gasteiger partial charge in [0.1, 0.15) is 11.9 Å². The number of hydrogen-bond donors (Lipinski definition) is 2. The number of benzene rings is 4. The second kappa shape index (κ2) is 19.2. The third-order valence-electron chi connectivity index (χ3n) is 10.6. The van der Waals surface area contributed by atoms with E-state index in [0.717, 1.165) is 25.1 Å². The van der Waals surface area contributed by atoms with E-state index in [1.165, 1.54) is 34.7 Å². The van der Waals surface area contributed by atoms with Crippen molar-refractivity contribution in [3.63, 3.8) is 0 Å². The Morgan fingerprint density at radius 3 is 2.05 bits per heavy atom. The number of fused-ring (bicyclic) bond motifs is 1. The van der Waals surface area contributed by atoms with E-state index in [-0.39, 0.29) is 43.2 Å². The maximum atomic E-state index is 14.5. The van der Waals surface area contributed by atoms with Gasteiger partial charge in [0, 0.05) is 26.2 Å². The number of carbonyl (C=O) groups is 1. The quantitative estimate of drug-likeness (QED) is 0.113. The number of aliphatic hydroxyl groups excluding tert-OH is 1. The molecule has 4 aromatic carbocycles. The molecule has 0 saturated carbocycles. The van der Waals surface area contributed by atoms with Crippen molar-refractivity contribution in [2.24, 2.45) is 11.3 Å². The summed E-state index contributed by atoms with van der Waals surface area (Å²) in [5.41, 5.74) is 2.74. The van der Waals surface area contributed by atoms with E-state index >= 15 is 0 Å². The molecule has 1 amide bonds. The number of hydrogen-bond acceptors (Lipinski definition) is 9. The van der Waals surface area contributed by atoms with Crippen LogP contribution in [0.2, 0.25) is 0 Å². The first kappa shape index (κ1) is 41.3. The van der Waals surface area contributed by atoms with E-state index in [1.54, 1.807) is 12.1 Å². The first-order valence-electron chi connectivity index (χ1n) is 19.4. The Hall–Kier alpha value is -4.30. The van der Waals surface area contributed by atoms with Gasteiger partial charge in [0.25, 0.3) is 0 Å². The Bertz CT molecular complexity index is 1870. The van der Waals surface area contributed by atoms with Crippen molar-refractivity contribution in [3.8, 4) is 5.75 Å². The summed E-state index contributed by atoms with van der Waals surface area (Å²) in [6.07, 6.45) is -1.21. The molecule has 12 heteroatoms. The van der Waals surface area contributed by atoms with Gasteiger partial charge in [-0.1, -0.05) is 105 Å². The third kappa shape index (κ3) is 11.4. The van der Waals surface area contributed by atoms with Crippen LogP contribution >= 0.6 is 0 Å². The van der Waals surface area contributed by atoms with Crippen LogP contribution in [0.5, 0.6) is 5.75 Å². The molecule has 4 aromatic rings. The summed E-state index contributed by atoms with van der Waals surface area (Å²) < 4.78 is 52.8. The van der Waals surface area contributed by atoms with Gasteiger partial charge < -0.3 is 29.4 Å². The molecule has 2 fully saturated rings. The van der Waals surface area contributed by atoms with E-state index in [1.807, 2.05) is 66.7 Å². The van der Waals surface area contributed by atoms with Gasteiger partial charge >= 0.3 is 6.09 Å². The number of ether oxygens (including phenoxy) is 4. The number of nitrogens with one attached hydrogen (secondary N) is 1. The van der Waals surface area contributed by atoms with Crippen molar-refractivity contribution in [2.75, 3.05) is 40.0 Å². The van der Waals surface area contributed by atoms with Crippen molar-refractivity contribution >= 4 is 16.1 Å². The number of amides is 1. The van der Waals surface area contributed by atoms with Gasteiger partial charge in [-0.3, -0.25) is 4.90 Å². The van der Waals surface area contributed by atoms with E-state index in [2.05, 4.69) is 48.3 Å². The molecule has 2 heterocycles. The van der Waals surface area contributed by atoms with Crippen LogP contribution in [0.3, 0.4) is 0 Å². The SMILES string of the molecule is COc1ccc(S(=O)(=O)N(C[C@H](O)[C@H](Cc2ccccc2)NC(=O)O[C@H]2CO[C@H]3OCC[C@H]32)CC(C)(C)CCN(Cc2ccccc2)Cc2ccccc2)cc1. The monoisotopic (exact) mass is 785 g/mol. The van der Waals surface area contributed by atoms with Crippen LogP contribution in [0.1, 0.15) is 43.4 Å². The van der Waals surface area contributed by atoms with Crippen LogP contribution in [-0.4, -0.2) is 93.3 Å². The minimum atomic E-state index is -4.12. The average Bonchev–Trinajstić information content (AvgIpc) is 3.83. The molecule has 300 valence electrons. The number of nitrogens with zero attached hydrogens (tertiary/aromatic N) is 2. The summed E-state index contributed by atoms with van der Waals surface area (Å²) in [5.74, 6) is 0.475. The molecule has 2 aliphatic heterocycles. The number of aliphatic hydroxyl groups is 1. The smallest absolute Gasteiger partial charge is 0.407 e. The lowest BCUT2D eigenvalue weighted by molar-refractivity contribution is -0.0907. The first-order chi connectivity index (χ1) is 27.0. The molecule has 0 radical (unpaired) electrons. The molecule has 11 nitrogen and oxygen atoms in total. The Morgan fingerprint density at radius 1 is 0.875 bits per heavy atom.